The Kier molecular flexibility index (Phi) is 3.97. The van der Waals surface area contributed by atoms with Gasteiger partial charge in [0.2, 0.25) is 5.91 Å². The van der Waals surface area contributed by atoms with Crippen LogP contribution >= 0.6 is 0 Å². The maximum atomic E-state index is 13.4. The molecule has 0 heterocycles. The molecule has 4 heteroatoms. The molecule has 0 radical (unpaired) electrons. The van der Waals surface area contributed by atoms with Gasteiger partial charge in [0, 0.05) is 11.4 Å². The van der Waals surface area contributed by atoms with Crippen LogP contribution in [0, 0.1) is 5.41 Å². The van der Waals surface area contributed by atoms with Gasteiger partial charge in [0.15, 0.2) is 5.41 Å². The highest BCUT2D eigenvalue weighted by Crippen LogP contribution is 2.56. The van der Waals surface area contributed by atoms with E-state index in [-0.39, 0.29) is 5.91 Å². The van der Waals surface area contributed by atoms with E-state index in [1.165, 1.54) is 0 Å². The molecule has 1 fully saturated rings. The lowest BCUT2D eigenvalue weighted by Gasteiger charge is -2.26. The zero-order chi connectivity index (χ0) is 17.3. The molecule has 0 saturated heterocycles. The van der Waals surface area contributed by atoms with Crippen molar-refractivity contribution in [2.24, 2.45) is 11.1 Å². The standard InChI is InChI=1S/C20H20N2O2/c1-14(2)17-13-20(17,18(21)23)19(24)22(15-9-5-3-6-10-15)16-11-7-4-8-12-16/h3-12H,13H2,1-2H3,(H2,21,23). The van der Waals surface area contributed by atoms with Gasteiger partial charge in [-0.15, -0.1) is 0 Å². The summed E-state index contributed by atoms with van der Waals surface area (Å²) in [6.45, 7) is 3.81. The van der Waals surface area contributed by atoms with Gasteiger partial charge in [0.1, 0.15) is 0 Å². The molecule has 1 aliphatic rings. The topological polar surface area (TPSA) is 63.4 Å². The molecular formula is C20H20N2O2. The first-order valence-corrected chi connectivity index (χ1v) is 7.90. The number of hydrogen-bond acceptors (Lipinski definition) is 2. The minimum atomic E-state index is -1.22. The maximum absolute atomic E-state index is 13.4. The van der Waals surface area contributed by atoms with Crippen molar-refractivity contribution >= 4 is 23.2 Å². The molecule has 24 heavy (non-hydrogen) atoms. The van der Waals surface area contributed by atoms with Crippen molar-refractivity contribution in [3.8, 4) is 0 Å². The number of nitrogens with two attached hydrogens (primary N) is 1. The van der Waals surface area contributed by atoms with E-state index in [4.69, 9.17) is 5.73 Å². The van der Waals surface area contributed by atoms with E-state index in [0.29, 0.717) is 17.8 Å². The molecular weight excluding hydrogens is 300 g/mol. The Morgan fingerprint density at radius 2 is 1.38 bits per heavy atom. The Hall–Kier alpha value is -2.88. The summed E-state index contributed by atoms with van der Waals surface area (Å²) in [5.41, 5.74) is 7.66. The lowest BCUT2D eigenvalue weighted by atomic mass is 10.00. The lowest BCUT2D eigenvalue weighted by molar-refractivity contribution is -0.132. The molecule has 2 amide bonds. The maximum Gasteiger partial charge on any atom is 0.251 e. The van der Waals surface area contributed by atoms with E-state index in [1.807, 2.05) is 74.5 Å². The average molecular weight is 320 g/mol. The van der Waals surface area contributed by atoms with Crippen LogP contribution in [0.4, 0.5) is 11.4 Å². The van der Waals surface area contributed by atoms with Gasteiger partial charge in [-0.05, 0) is 50.1 Å². The largest absolute Gasteiger partial charge is 0.368 e. The van der Waals surface area contributed by atoms with Gasteiger partial charge in [-0.2, -0.15) is 0 Å². The minimum absolute atomic E-state index is 0.288. The highest BCUT2D eigenvalue weighted by atomic mass is 16.2. The number of anilines is 2. The zero-order valence-electron chi connectivity index (χ0n) is 13.8. The van der Waals surface area contributed by atoms with Crippen LogP contribution in [0.15, 0.2) is 71.8 Å². The smallest absolute Gasteiger partial charge is 0.251 e. The van der Waals surface area contributed by atoms with Gasteiger partial charge in [-0.3, -0.25) is 14.5 Å². The number of rotatable bonds is 4. The molecule has 122 valence electrons. The fourth-order valence-corrected chi connectivity index (χ4v) is 3.10. The molecule has 1 saturated carbocycles. The van der Waals surface area contributed by atoms with Crippen LogP contribution in [0.1, 0.15) is 20.3 Å². The molecule has 2 N–H and O–H groups in total. The molecule has 0 bridgehead atoms. The van der Waals surface area contributed by atoms with Crippen molar-refractivity contribution in [1.82, 2.24) is 0 Å². The van der Waals surface area contributed by atoms with Crippen molar-refractivity contribution in [2.45, 2.75) is 20.3 Å². The van der Waals surface area contributed by atoms with Crippen LogP contribution in [0.5, 0.6) is 0 Å². The molecule has 2 aromatic carbocycles. The second-order valence-electron chi connectivity index (χ2n) is 6.24. The van der Waals surface area contributed by atoms with Crippen molar-refractivity contribution in [1.29, 1.82) is 0 Å². The van der Waals surface area contributed by atoms with Crippen LogP contribution in [0.3, 0.4) is 0 Å². The van der Waals surface area contributed by atoms with E-state index in [1.54, 1.807) is 4.90 Å². The van der Waals surface area contributed by atoms with E-state index >= 15 is 0 Å². The van der Waals surface area contributed by atoms with Crippen LogP contribution in [0.25, 0.3) is 0 Å². The van der Waals surface area contributed by atoms with Gasteiger partial charge in [-0.25, -0.2) is 0 Å². The molecule has 0 aliphatic heterocycles. The van der Waals surface area contributed by atoms with Crippen LogP contribution in [-0.2, 0) is 9.59 Å². The first-order chi connectivity index (χ1) is 11.5. The van der Waals surface area contributed by atoms with Gasteiger partial charge < -0.3 is 5.73 Å². The fourth-order valence-electron chi connectivity index (χ4n) is 3.10. The molecule has 1 aliphatic carbocycles. The molecule has 0 aromatic heterocycles. The number of allylic oxidation sites excluding steroid dienone is 1. The SMILES string of the molecule is CC(C)=C1CC1(C(N)=O)C(=O)N(c1ccccc1)c1ccccc1. The van der Waals surface area contributed by atoms with Crippen molar-refractivity contribution in [3.63, 3.8) is 0 Å². The molecule has 0 spiro atoms. The van der Waals surface area contributed by atoms with Crippen LogP contribution in [0.2, 0.25) is 0 Å². The third-order valence-electron chi connectivity index (χ3n) is 4.45. The number of carbonyl (C=O) groups excluding carboxylic acids is 2. The molecule has 1 unspecified atom stereocenters. The van der Waals surface area contributed by atoms with E-state index in [0.717, 1.165) is 11.1 Å². The van der Waals surface area contributed by atoms with Crippen molar-refractivity contribution in [2.75, 3.05) is 4.90 Å². The summed E-state index contributed by atoms with van der Waals surface area (Å²) in [6, 6.07) is 18.6. The van der Waals surface area contributed by atoms with E-state index in [9.17, 15) is 9.59 Å². The van der Waals surface area contributed by atoms with E-state index < -0.39 is 11.3 Å². The number of carbonyl (C=O) groups is 2. The Bertz CT molecular complexity index is 769. The first-order valence-electron chi connectivity index (χ1n) is 7.90. The Morgan fingerprint density at radius 1 is 0.917 bits per heavy atom. The molecule has 4 nitrogen and oxygen atoms in total. The summed E-state index contributed by atoms with van der Waals surface area (Å²) in [4.78, 5) is 27.1. The first kappa shape index (κ1) is 16.0. The third-order valence-corrected chi connectivity index (χ3v) is 4.45. The number of amides is 2. The number of benzene rings is 2. The van der Waals surface area contributed by atoms with Crippen LogP contribution < -0.4 is 10.6 Å². The normalized spacial score (nSPS) is 18.8. The highest BCUT2D eigenvalue weighted by molar-refractivity contribution is 6.20. The highest BCUT2D eigenvalue weighted by Gasteiger charge is 2.62. The Morgan fingerprint density at radius 3 is 1.71 bits per heavy atom. The Balaban J connectivity index is 2.12. The molecule has 2 aromatic rings. The Labute approximate surface area is 141 Å². The van der Waals surface area contributed by atoms with E-state index in [2.05, 4.69) is 0 Å². The summed E-state index contributed by atoms with van der Waals surface area (Å²) < 4.78 is 0. The van der Waals surface area contributed by atoms with Crippen molar-refractivity contribution in [3.05, 3.63) is 71.8 Å². The molecule has 3 rings (SSSR count). The van der Waals surface area contributed by atoms with Crippen molar-refractivity contribution < 1.29 is 9.59 Å². The quantitative estimate of drug-likeness (QED) is 0.691. The lowest BCUT2D eigenvalue weighted by Crippen LogP contribution is -2.41. The summed E-state index contributed by atoms with van der Waals surface area (Å²) in [6.07, 6.45) is 0.402. The predicted octanol–water partition coefficient (Wildman–Crippen LogP) is 3.56. The zero-order valence-corrected chi connectivity index (χ0v) is 13.8. The number of nitrogens with zero attached hydrogens (tertiary/aromatic N) is 1. The summed E-state index contributed by atoms with van der Waals surface area (Å²) in [5.74, 6) is -0.871. The second kappa shape index (κ2) is 5.96. The summed E-state index contributed by atoms with van der Waals surface area (Å²) in [5, 5.41) is 0. The van der Waals surface area contributed by atoms with Gasteiger partial charge in [-0.1, -0.05) is 42.0 Å². The van der Waals surface area contributed by atoms with Gasteiger partial charge in [0.05, 0.1) is 0 Å². The number of para-hydroxylation sites is 2. The number of hydrogen-bond donors (Lipinski definition) is 1. The fraction of sp³-hybridized carbons (Fsp3) is 0.200. The average Bonchev–Trinajstić information content (AvgIpc) is 3.34. The second-order valence-corrected chi connectivity index (χ2v) is 6.24. The van der Waals surface area contributed by atoms with Gasteiger partial charge >= 0.3 is 0 Å². The van der Waals surface area contributed by atoms with Crippen LogP contribution in [-0.4, -0.2) is 11.8 Å². The predicted molar refractivity (Wildman–Crippen MR) is 94.6 cm³/mol. The summed E-state index contributed by atoms with van der Waals surface area (Å²) >= 11 is 0. The minimum Gasteiger partial charge on any atom is -0.368 e. The molecule has 1 atom stereocenters. The third kappa shape index (κ3) is 2.50. The summed E-state index contributed by atoms with van der Waals surface area (Å²) in [7, 11) is 0. The van der Waals surface area contributed by atoms with Gasteiger partial charge in [0.25, 0.3) is 5.91 Å². The number of primary amides is 1. The monoisotopic (exact) mass is 320 g/mol.